The summed E-state index contributed by atoms with van der Waals surface area (Å²) in [6.07, 6.45) is 9.62. The average Bonchev–Trinajstić information content (AvgIpc) is 1.94. The van der Waals surface area contributed by atoms with Crippen molar-refractivity contribution in [2.45, 2.75) is 33.6 Å². The van der Waals surface area contributed by atoms with Gasteiger partial charge in [-0.15, -0.1) is 0 Å². The highest BCUT2D eigenvalue weighted by atomic mass is 16.3. The van der Waals surface area contributed by atoms with Crippen LogP contribution in [0.3, 0.4) is 0 Å². The zero-order valence-corrected chi connectivity index (χ0v) is 8.67. The molecule has 1 nitrogen and oxygen atoms in total. The van der Waals surface area contributed by atoms with Crippen LogP contribution in [0.15, 0.2) is 35.6 Å². The van der Waals surface area contributed by atoms with Crippen LogP contribution in [-0.2, 0) is 0 Å². The van der Waals surface area contributed by atoms with Crippen molar-refractivity contribution >= 4 is 0 Å². The zero-order chi connectivity index (χ0) is 9.90. The molecule has 1 N–H and O–H groups in total. The molecule has 0 bridgehead atoms. The number of aliphatic hydroxyl groups is 1. The number of hydrogen-bond donors (Lipinski definition) is 1. The molecule has 0 aromatic carbocycles. The maximum atomic E-state index is 9.80. The predicted molar refractivity (Wildman–Crippen MR) is 56.6 cm³/mol. The molecule has 0 saturated heterocycles. The first-order valence-electron chi connectivity index (χ1n) is 4.75. The average molecular weight is 178 g/mol. The molecule has 1 heteroatoms. The molecule has 0 aliphatic heterocycles. The Morgan fingerprint density at radius 2 is 1.62 bits per heavy atom. The van der Waals surface area contributed by atoms with E-state index in [2.05, 4.69) is 26.8 Å². The molecule has 1 aliphatic rings. The van der Waals surface area contributed by atoms with Gasteiger partial charge in [-0.25, -0.2) is 0 Å². The molecule has 0 aromatic heterocycles. The van der Waals surface area contributed by atoms with E-state index in [0.29, 0.717) is 12.2 Å². The van der Waals surface area contributed by atoms with Crippen molar-refractivity contribution < 1.29 is 5.11 Å². The maximum Gasteiger partial charge on any atom is 0.0960 e. The van der Waals surface area contributed by atoms with Crippen LogP contribution in [0.2, 0.25) is 0 Å². The smallest absolute Gasteiger partial charge is 0.0960 e. The Bertz CT molecular complexity index is 261. The molecule has 0 heterocycles. The Hall–Kier alpha value is -0.980. The first kappa shape index (κ1) is 10.1. The van der Waals surface area contributed by atoms with Crippen LogP contribution in [0.5, 0.6) is 0 Å². The number of allylic oxidation sites excluding steroid dienone is 5. The summed E-state index contributed by atoms with van der Waals surface area (Å²) < 4.78 is 0. The maximum absolute atomic E-state index is 9.80. The van der Waals surface area contributed by atoms with Gasteiger partial charge in [-0.3, -0.25) is 0 Å². The van der Waals surface area contributed by atoms with Crippen molar-refractivity contribution in [1.29, 1.82) is 0 Å². The lowest BCUT2D eigenvalue weighted by Crippen LogP contribution is -2.12. The summed E-state index contributed by atoms with van der Waals surface area (Å²) in [6, 6.07) is 0. The third-order valence-corrected chi connectivity index (χ3v) is 2.27. The minimum Gasteiger partial charge on any atom is -0.512 e. The van der Waals surface area contributed by atoms with E-state index in [-0.39, 0.29) is 5.41 Å². The van der Waals surface area contributed by atoms with Crippen LogP contribution in [0.1, 0.15) is 33.6 Å². The van der Waals surface area contributed by atoms with E-state index in [1.165, 1.54) is 0 Å². The predicted octanol–water partition coefficient (Wildman–Crippen LogP) is 3.75. The summed E-state index contributed by atoms with van der Waals surface area (Å²) in [5.74, 6) is 0.535. The quantitative estimate of drug-likeness (QED) is 0.599. The molecule has 0 unspecified atom stereocenters. The van der Waals surface area contributed by atoms with Crippen LogP contribution in [0.4, 0.5) is 0 Å². The second-order valence-electron chi connectivity index (χ2n) is 4.44. The molecular weight excluding hydrogens is 160 g/mol. The molecule has 0 radical (unpaired) electrons. The van der Waals surface area contributed by atoms with E-state index in [1.54, 1.807) is 0 Å². The highest BCUT2D eigenvalue weighted by Crippen LogP contribution is 2.32. The van der Waals surface area contributed by atoms with E-state index in [9.17, 15) is 5.11 Å². The SMILES string of the molecule is CC(C)(C)/C1=C(\O)C/C=C\C=CC1. The Balaban J connectivity index is 2.97. The molecule has 0 saturated carbocycles. The minimum atomic E-state index is 0.0691. The van der Waals surface area contributed by atoms with E-state index in [4.69, 9.17) is 0 Å². The summed E-state index contributed by atoms with van der Waals surface area (Å²) in [4.78, 5) is 0. The summed E-state index contributed by atoms with van der Waals surface area (Å²) in [6.45, 7) is 6.41. The third-order valence-electron chi connectivity index (χ3n) is 2.27. The molecule has 13 heavy (non-hydrogen) atoms. The van der Waals surface area contributed by atoms with Gasteiger partial charge in [-0.2, -0.15) is 0 Å². The molecule has 1 rings (SSSR count). The van der Waals surface area contributed by atoms with E-state index in [1.807, 2.05) is 18.2 Å². The van der Waals surface area contributed by atoms with Crippen LogP contribution < -0.4 is 0 Å². The molecule has 0 fully saturated rings. The van der Waals surface area contributed by atoms with Gasteiger partial charge >= 0.3 is 0 Å². The van der Waals surface area contributed by atoms with E-state index >= 15 is 0 Å². The van der Waals surface area contributed by atoms with Crippen LogP contribution >= 0.6 is 0 Å². The molecule has 0 spiro atoms. The summed E-state index contributed by atoms with van der Waals surface area (Å²) in [5, 5.41) is 9.80. The summed E-state index contributed by atoms with van der Waals surface area (Å²) in [7, 11) is 0. The molecule has 0 aromatic rings. The summed E-state index contributed by atoms with van der Waals surface area (Å²) in [5.41, 5.74) is 1.22. The van der Waals surface area contributed by atoms with Crippen molar-refractivity contribution in [3.63, 3.8) is 0 Å². The number of rotatable bonds is 0. The second kappa shape index (κ2) is 3.82. The number of hydrogen-bond acceptors (Lipinski definition) is 1. The van der Waals surface area contributed by atoms with Gasteiger partial charge in [0.25, 0.3) is 0 Å². The highest BCUT2D eigenvalue weighted by Gasteiger charge is 2.19. The van der Waals surface area contributed by atoms with E-state index < -0.39 is 0 Å². The molecule has 1 aliphatic carbocycles. The van der Waals surface area contributed by atoms with Crippen molar-refractivity contribution in [3.8, 4) is 0 Å². The summed E-state index contributed by atoms with van der Waals surface area (Å²) >= 11 is 0. The lowest BCUT2D eigenvalue weighted by atomic mass is 9.82. The fourth-order valence-corrected chi connectivity index (χ4v) is 1.50. The standard InChI is InChI=1S/C12H18O/c1-12(2,3)10-8-6-4-5-7-9-11(10)13/h4-7,13H,8-9H2,1-3H3/b6-4?,7-5-,11-10-. The topological polar surface area (TPSA) is 20.2 Å². The zero-order valence-electron chi connectivity index (χ0n) is 8.67. The van der Waals surface area contributed by atoms with Crippen molar-refractivity contribution in [1.82, 2.24) is 0 Å². The number of aliphatic hydroxyl groups excluding tert-OH is 1. The Labute approximate surface area is 80.5 Å². The largest absolute Gasteiger partial charge is 0.512 e. The van der Waals surface area contributed by atoms with Crippen molar-refractivity contribution in [3.05, 3.63) is 35.6 Å². The molecular formula is C12H18O. The van der Waals surface area contributed by atoms with Gasteiger partial charge < -0.3 is 5.11 Å². The molecule has 0 amide bonds. The van der Waals surface area contributed by atoms with Crippen LogP contribution in [-0.4, -0.2) is 5.11 Å². The Kier molecular flexibility index (Phi) is 2.97. The highest BCUT2D eigenvalue weighted by molar-refractivity contribution is 5.23. The second-order valence-corrected chi connectivity index (χ2v) is 4.44. The van der Waals surface area contributed by atoms with E-state index in [0.717, 1.165) is 12.0 Å². The van der Waals surface area contributed by atoms with Gasteiger partial charge in [-0.05, 0) is 17.4 Å². The van der Waals surface area contributed by atoms with Gasteiger partial charge in [0.15, 0.2) is 0 Å². The van der Waals surface area contributed by atoms with Gasteiger partial charge in [0.1, 0.15) is 0 Å². The monoisotopic (exact) mass is 178 g/mol. The normalized spacial score (nSPS) is 26.7. The Morgan fingerprint density at radius 3 is 2.15 bits per heavy atom. The van der Waals surface area contributed by atoms with Crippen molar-refractivity contribution in [2.75, 3.05) is 0 Å². The van der Waals surface area contributed by atoms with Gasteiger partial charge in [0.05, 0.1) is 5.76 Å². The fraction of sp³-hybridized carbons (Fsp3) is 0.500. The lowest BCUT2D eigenvalue weighted by Gasteiger charge is -2.24. The first-order valence-corrected chi connectivity index (χ1v) is 4.75. The Morgan fingerprint density at radius 1 is 1.08 bits per heavy atom. The molecule has 72 valence electrons. The lowest BCUT2D eigenvalue weighted by molar-refractivity contribution is 0.360. The minimum absolute atomic E-state index is 0.0691. The molecule has 0 atom stereocenters. The fourth-order valence-electron chi connectivity index (χ4n) is 1.50. The van der Waals surface area contributed by atoms with Crippen molar-refractivity contribution in [2.24, 2.45) is 5.41 Å². The third kappa shape index (κ3) is 2.76. The van der Waals surface area contributed by atoms with Gasteiger partial charge in [0.2, 0.25) is 0 Å². The van der Waals surface area contributed by atoms with Gasteiger partial charge in [-0.1, -0.05) is 45.1 Å². The first-order chi connectivity index (χ1) is 6.02. The van der Waals surface area contributed by atoms with Crippen LogP contribution in [0.25, 0.3) is 0 Å². The van der Waals surface area contributed by atoms with Crippen LogP contribution in [0, 0.1) is 5.41 Å². The van der Waals surface area contributed by atoms with Gasteiger partial charge in [0, 0.05) is 6.42 Å².